The summed E-state index contributed by atoms with van der Waals surface area (Å²) in [6.07, 6.45) is 4.08. The molecule has 0 N–H and O–H groups in total. The molecule has 0 aliphatic heterocycles. The molecule has 1 heterocycles. The van der Waals surface area contributed by atoms with E-state index in [1.807, 2.05) is 6.92 Å². The fourth-order valence-electron chi connectivity index (χ4n) is 2.07. The minimum atomic E-state index is -0.599. The minimum Gasteiger partial charge on any atom is -0.338 e. The highest BCUT2D eigenvalue weighted by atomic mass is 35.5. The Hall–Kier alpha value is -1.69. The Bertz CT molecular complexity index is 532. The van der Waals surface area contributed by atoms with Crippen molar-refractivity contribution in [2.45, 2.75) is 26.2 Å². The van der Waals surface area contributed by atoms with Crippen LogP contribution in [0, 0.1) is 16.0 Å². The van der Waals surface area contributed by atoms with Crippen LogP contribution >= 0.6 is 11.6 Å². The minimum absolute atomic E-state index is 0.0177. The highest BCUT2D eigenvalue weighted by molar-refractivity contribution is 6.29. The van der Waals surface area contributed by atoms with Crippen LogP contribution in [0.2, 0.25) is 5.15 Å². The van der Waals surface area contributed by atoms with Gasteiger partial charge in [0, 0.05) is 13.1 Å². The van der Waals surface area contributed by atoms with Crippen molar-refractivity contribution in [3.8, 4) is 0 Å². The molecule has 1 aromatic heterocycles. The first-order chi connectivity index (χ1) is 9.52. The van der Waals surface area contributed by atoms with Crippen molar-refractivity contribution in [1.82, 2.24) is 9.88 Å². The van der Waals surface area contributed by atoms with E-state index in [2.05, 4.69) is 4.98 Å². The van der Waals surface area contributed by atoms with Crippen molar-refractivity contribution < 1.29 is 9.72 Å². The molecule has 0 spiro atoms. The number of aromatic nitrogens is 1. The maximum atomic E-state index is 12.5. The van der Waals surface area contributed by atoms with Gasteiger partial charge in [-0.05, 0) is 31.2 Å². The van der Waals surface area contributed by atoms with Gasteiger partial charge in [-0.2, -0.15) is 0 Å². The SMILES string of the molecule is CCCN(CC1CC1)C(=O)c1cc(Cl)ncc1[N+](=O)[O-]. The number of hydrogen-bond donors (Lipinski definition) is 0. The van der Waals surface area contributed by atoms with Crippen molar-refractivity contribution in [2.75, 3.05) is 13.1 Å². The summed E-state index contributed by atoms with van der Waals surface area (Å²) >= 11 is 5.76. The normalized spacial score (nSPS) is 14.1. The number of carbonyl (C=O) groups excluding carboxylic acids is 1. The molecular weight excluding hydrogens is 282 g/mol. The van der Waals surface area contributed by atoms with Gasteiger partial charge >= 0.3 is 0 Å². The smallest absolute Gasteiger partial charge is 0.300 e. The average Bonchev–Trinajstić information content (AvgIpc) is 3.21. The summed E-state index contributed by atoms with van der Waals surface area (Å²) in [5, 5.41) is 11.1. The van der Waals surface area contributed by atoms with E-state index in [1.165, 1.54) is 6.07 Å². The van der Waals surface area contributed by atoms with Crippen LogP contribution in [0.15, 0.2) is 12.3 Å². The molecule has 2 rings (SSSR count). The zero-order valence-electron chi connectivity index (χ0n) is 11.2. The van der Waals surface area contributed by atoms with E-state index in [0.717, 1.165) is 25.5 Å². The van der Waals surface area contributed by atoms with Gasteiger partial charge in [-0.3, -0.25) is 14.9 Å². The van der Waals surface area contributed by atoms with E-state index in [9.17, 15) is 14.9 Å². The standard InChI is InChI=1S/C13H16ClN3O3/c1-2-5-16(8-9-3-4-9)13(18)10-6-12(14)15-7-11(10)17(19)20/h6-7,9H,2-5,8H2,1H3. The number of halogens is 1. The van der Waals surface area contributed by atoms with E-state index in [4.69, 9.17) is 11.6 Å². The molecule has 1 saturated carbocycles. The van der Waals surface area contributed by atoms with Gasteiger partial charge in [0.2, 0.25) is 0 Å². The Morgan fingerprint density at radius 3 is 2.85 bits per heavy atom. The van der Waals surface area contributed by atoms with Gasteiger partial charge in [0.25, 0.3) is 11.6 Å². The van der Waals surface area contributed by atoms with Crippen LogP contribution in [-0.2, 0) is 0 Å². The molecule has 0 atom stereocenters. The quantitative estimate of drug-likeness (QED) is 0.459. The molecule has 1 aromatic rings. The maximum Gasteiger partial charge on any atom is 0.300 e. The first-order valence-corrected chi connectivity index (χ1v) is 7.00. The highest BCUT2D eigenvalue weighted by Gasteiger charge is 2.30. The lowest BCUT2D eigenvalue weighted by Crippen LogP contribution is -2.34. The lowest BCUT2D eigenvalue weighted by Gasteiger charge is -2.22. The van der Waals surface area contributed by atoms with Crippen LogP contribution in [0.3, 0.4) is 0 Å². The third-order valence-electron chi connectivity index (χ3n) is 3.23. The summed E-state index contributed by atoms with van der Waals surface area (Å²) in [5.41, 5.74) is -0.277. The molecule has 0 radical (unpaired) electrons. The number of amides is 1. The Morgan fingerprint density at radius 2 is 2.30 bits per heavy atom. The summed E-state index contributed by atoms with van der Waals surface area (Å²) in [4.78, 5) is 28.3. The molecule has 1 aliphatic carbocycles. The zero-order chi connectivity index (χ0) is 14.7. The first kappa shape index (κ1) is 14.7. The van der Waals surface area contributed by atoms with E-state index >= 15 is 0 Å². The molecule has 6 nitrogen and oxygen atoms in total. The summed E-state index contributed by atoms with van der Waals surface area (Å²) < 4.78 is 0. The molecule has 0 bridgehead atoms. The third kappa shape index (κ3) is 3.45. The summed E-state index contributed by atoms with van der Waals surface area (Å²) in [5.74, 6) is 0.191. The predicted octanol–water partition coefficient (Wildman–Crippen LogP) is 2.91. The Kier molecular flexibility index (Phi) is 4.54. The number of nitro groups is 1. The van der Waals surface area contributed by atoms with Gasteiger partial charge in [-0.25, -0.2) is 4.98 Å². The molecule has 0 aromatic carbocycles. The molecule has 20 heavy (non-hydrogen) atoms. The van der Waals surface area contributed by atoms with Crippen molar-refractivity contribution >= 4 is 23.2 Å². The highest BCUT2D eigenvalue weighted by Crippen LogP contribution is 2.31. The van der Waals surface area contributed by atoms with Crippen LogP contribution in [0.5, 0.6) is 0 Å². The Labute approximate surface area is 121 Å². The molecular formula is C13H16ClN3O3. The number of carbonyl (C=O) groups is 1. The molecule has 1 amide bonds. The van der Waals surface area contributed by atoms with Crippen molar-refractivity contribution in [3.05, 3.63) is 33.1 Å². The second kappa shape index (κ2) is 6.17. The average molecular weight is 298 g/mol. The monoisotopic (exact) mass is 297 g/mol. The number of rotatable bonds is 6. The second-order valence-electron chi connectivity index (χ2n) is 4.98. The summed E-state index contributed by atoms with van der Waals surface area (Å²) in [6.45, 7) is 3.22. The van der Waals surface area contributed by atoms with Gasteiger partial charge in [-0.1, -0.05) is 18.5 Å². The largest absolute Gasteiger partial charge is 0.338 e. The Morgan fingerprint density at radius 1 is 1.60 bits per heavy atom. The molecule has 1 aliphatic rings. The van der Waals surface area contributed by atoms with Crippen LogP contribution < -0.4 is 0 Å². The number of hydrogen-bond acceptors (Lipinski definition) is 4. The maximum absolute atomic E-state index is 12.5. The molecule has 0 saturated heterocycles. The number of pyridine rings is 1. The van der Waals surface area contributed by atoms with Crippen LogP contribution in [0.25, 0.3) is 0 Å². The molecule has 7 heteroatoms. The first-order valence-electron chi connectivity index (χ1n) is 6.62. The molecule has 1 fully saturated rings. The van der Waals surface area contributed by atoms with E-state index < -0.39 is 4.92 Å². The van der Waals surface area contributed by atoms with Crippen LogP contribution in [0.1, 0.15) is 36.5 Å². The van der Waals surface area contributed by atoms with Crippen molar-refractivity contribution in [1.29, 1.82) is 0 Å². The molecule has 0 unspecified atom stereocenters. The number of nitrogens with zero attached hydrogens (tertiary/aromatic N) is 3. The van der Waals surface area contributed by atoms with Gasteiger partial charge in [-0.15, -0.1) is 0 Å². The summed E-state index contributed by atoms with van der Waals surface area (Å²) in [6, 6.07) is 1.28. The topological polar surface area (TPSA) is 76.3 Å². The van der Waals surface area contributed by atoms with Gasteiger partial charge in [0.05, 0.1) is 4.92 Å². The van der Waals surface area contributed by atoms with Gasteiger partial charge in [0.15, 0.2) is 0 Å². The third-order valence-corrected chi connectivity index (χ3v) is 3.44. The van der Waals surface area contributed by atoms with E-state index in [-0.39, 0.29) is 22.3 Å². The molecule has 108 valence electrons. The van der Waals surface area contributed by atoms with Crippen LogP contribution in [0.4, 0.5) is 5.69 Å². The predicted molar refractivity (Wildman–Crippen MR) is 74.8 cm³/mol. The second-order valence-corrected chi connectivity index (χ2v) is 5.36. The lowest BCUT2D eigenvalue weighted by atomic mass is 10.2. The van der Waals surface area contributed by atoms with E-state index in [0.29, 0.717) is 19.0 Å². The van der Waals surface area contributed by atoms with Crippen LogP contribution in [-0.4, -0.2) is 33.8 Å². The van der Waals surface area contributed by atoms with Gasteiger partial charge < -0.3 is 4.90 Å². The summed E-state index contributed by atoms with van der Waals surface area (Å²) in [7, 11) is 0. The van der Waals surface area contributed by atoms with Crippen molar-refractivity contribution in [3.63, 3.8) is 0 Å². The fourth-order valence-corrected chi connectivity index (χ4v) is 2.23. The van der Waals surface area contributed by atoms with Gasteiger partial charge in [0.1, 0.15) is 16.9 Å². The zero-order valence-corrected chi connectivity index (χ0v) is 12.0. The van der Waals surface area contributed by atoms with E-state index in [1.54, 1.807) is 4.90 Å². The lowest BCUT2D eigenvalue weighted by molar-refractivity contribution is -0.385. The fraction of sp³-hybridized carbons (Fsp3) is 0.538. The Balaban J connectivity index is 2.28. The van der Waals surface area contributed by atoms with Crippen molar-refractivity contribution in [2.24, 2.45) is 5.92 Å².